The van der Waals surface area contributed by atoms with Gasteiger partial charge in [0.05, 0.1) is 6.61 Å². The zero-order valence-electron chi connectivity index (χ0n) is 17.1. The highest BCUT2D eigenvalue weighted by molar-refractivity contribution is 8.04. The number of fused-ring (bicyclic) bond motifs is 1. The van der Waals surface area contributed by atoms with Crippen LogP contribution in [0.15, 0.2) is 28.7 Å². The van der Waals surface area contributed by atoms with Crippen molar-refractivity contribution in [2.24, 2.45) is 0 Å². The van der Waals surface area contributed by atoms with Crippen molar-refractivity contribution in [3.05, 3.63) is 40.5 Å². The Labute approximate surface area is 162 Å². The van der Waals surface area contributed by atoms with E-state index in [2.05, 4.69) is 57.9 Å². The molecule has 0 aromatic heterocycles. The molecule has 0 amide bonds. The van der Waals surface area contributed by atoms with Crippen LogP contribution in [0.2, 0.25) is 0 Å². The van der Waals surface area contributed by atoms with Crippen molar-refractivity contribution in [3.8, 4) is 11.2 Å². The molecule has 0 heterocycles. The highest BCUT2D eigenvalue weighted by atomic mass is 32.2. The van der Waals surface area contributed by atoms with Crippen molar-refractivity contribution in [2.45, 2.75) is 77.0 Å². The summed E-state index contributed by atoms with van der Waals surface area (Å²) in [6, 6.07) is 4.68. The summed E-state index contributed by atoms with van der Waals surface area (Å²) in [5, 5.41) is 3.14. The number of benzene rings is 1. The monoisotopic (exact) mass is 370 g/mol. The number of carbonyl (C=O) groups excluding carboxylic acids is 1. The predicted octanol–water partition coefficient (Wildman–Crippen LogP) is 5.91. The molecule has 0 aliphatic heterocycles. The Morgan fingerprint density at radius 1 is 1.19 bits per heavy atom. The number of allylic oxidation sites excluding steroid dienone is 1. The largest absolute Gasteiger partial charge is 0.463 e. The molecule has 3 heteroatoms. The Kier molecular flexibility index (Phi) is 6.29. The Hall–Kier alpha value is -1.66. The molecule has 0 saturated carbocycles. The normalized spacial score (nSPS) is 17.7. The highest BCUT2D eigenvalue weighted by Gasteiger charge is 2.37. The van der Waals surface area contributed by atoms with Gasteiger partial charge in [-0.15, -0.1) is 0 Å². The van der Waals surface area contributed by atoms with Crippen LogP contribution in [0.1, 0.15) is 71.1 Å². The molecule has 26 heavy (non-hydrogen) atoms. The van der Waals surface area contributed by atoms with Crippen molar-refractivity contribution in [1.82, 2.24) is 0 Å². The average molecular weight is 371 g/mol. The zero-order chi connectivity index (χ0) is 19.5. The minimum absolute atomic E-state index is 0.195. The number of ether oxygens (including phenoxy) is 1. The number of carbonyl (C=O) groups is 1. The van der Waals surface area contributed by atoms with Crippen molar-refractivity contribution < 1.29 is 9.53 Å². The summed E-state index contributed by atoms with van der Waals surface area (Å²) < 4.78 is 4.91. The van der Waals surface area contributed by atoms with Crippen molar-refractivity contribution in [2.75, 3.05) is 6.61 Å². The molecule has 0 saturated heterocycles. The highest BCUT2D eigenvalue weighted by Crippen LogP contribution is 2.47. The molecule has 1 aromatic carbocycles. The van der Waals surface area contributed by atoms with Crippen LogP contribution in [0.3, 0.4) is 0 Å². The van der Waals surface area contributed by atoms with E-state index >= 15 is 0 Å². The Morgan fingerprint density at radius 3 is 2.35 bits per heavy atom. The van der Waals surface area contributed by atoms with Crippen LogP contribution < -0.4 is 0 Å². The molecule has 0 spiro atoms. The van der Waals surface area contributed by atoms with Gasteiger partial charge in [-0.05, 0) is 84.2 Å². The molecule has 0 atom stereocenters. The van der Waals surface area contributed by atoms with Gasteiger partial charge in [-0.3, -0.25) is 0 Å². The molecule has 0 fully saturated rings. The first-order valence-corrected chi connectivity index (χ1v) is 10.1. The third-order valence-corrected chi connectivity index (χ3v) is 6.04. The van der Waals surface area contributed by atoms with Crippen LogP contribution >= 0.6 is 11.8 Å². The van der Waals surface area contributed by atoms with Crippen LogP contribution in [0.5, 0.6) is 0 Å². The fraction of sp³-hybridized carbons (Fsp3) is 0.522. The first-order chi connectivity index (χ1) is 12.1. The third kappa shape index (κ3) is 4.74. The van der Waals surface area contributed by atoms with Gasteiger partial charge in [-0.2, -0.15) is 0 Å². The maximum Gasteiger partial charge on any atom is 0.331 e. The minimum atomic E-state index is -0.335. The van der Waals surface area contributed by atoms with Gasteiger partial charge in [0.2, 0.25) is 0 Å². The fourth-order valence-corrected chi connectivity index (χ4v) is 4.09. The topological polar surface area (TPSA) is 26.3 Å². The number of rotatable bonds is 3. The smallest absolute Gasteiger partial charge is 0.331 e. The number of hydrogen-bond donors (Lipinski definition) is 0. The number of thioether (sulfide) groups is 1. The van der Waals surface area contributed by atoms with E-state index in [4.69, 9.17) is 4.74 Å². The molecule has 1 aliphatic rings. The third-order valence-electron chi connectivity index (χ3n) is 5.18. The Balaban J connectivity index is 2.28. The maximum absolute atomic E-state index is 11.5. The van der Waals surface area contributed by atoms with Gasteiger partial charge in [0.25, 0.3) is 0 Å². The van der Waals surface area contributed by atoms with E-state index in [1.165, 1.54) is 52.3 Å². The second-order valence-corrected chi connectivity index (χ2v) is 9.19. The molecule has 2 rings (SSSR count). The van der Waals surface area contributed by atoms with Gasteiger partial charge < -0.3 is 4.74 Å². The molecule has 0 bridgehead atoms. The van der Waals surface area contributed by atoms with Crippen molar-refractivity contribution in [3.63, 3.8) is 0 Å². The molecular formula is C23H30O2S. The summed E-state index contributed by atoms with van der Waals surface area (Å²) in [5.74, 6) is 2.70. The first kappa shape index (κ1) is 20.6. The van der Waals surface area contributed by atoms with Crippen molar-refractivity contribution in [1.29, 1.82) is 0 Å². The van der Waals surface area contributed by atoms with E-state index in [1.54, 1.807) is 6.92 Å². The van der Waals surface area contributed by atoms with Gasteiger partial charge in [0.1, 0.15) is 0 Å². The lowest BCUT2D eigenvalue weighted by molar-refractivity contribution is -0.137. The molecule has 0 N–H and O–H groups in total. The fourth-order valence-electron chi connectivity index (χ4n) is 3.37. The molecule has 0 unspecified atom stereocenters. The van der Waals surface area contributed by atoms with Gasteiger partial charge in [0.15, 0.2) is 0 Å². The van der Waals surface area contributed by atoms with Crippen LogP contribution in [0.25, 0.3) is 0 Å². The molecule has 140 valence electrons. The average Bonchev–Trinajstić information content (AvgIpc) is 2.53. The summed E-state index contributed by atoms with van der Waals surface area (Å²) in [6.07, 6.45) is 3.87. The van der Waals surface area contributed by atoms with Crippen LogP contribution in [0, 0.1) is 18.1 Å². The van der Waals surface area contributed by atoms with E-state index in [1.807, 2.05) is 6.92 Å². The van der Waals surface area contributed by atoms with Crippen LogP contribution in [-0.4, -0.2) is 12.6 Å². The lowest BCUT2D eigenvalue weighted by Crippen LogP contribution is -2.34. The molecule has 2 nitrogen and oxygen atoms in total. The van der Waals surface area contributed by atoms with Gasteiger partial charge in [0, 0.05) is 16.5 Å². The number of aryl methyl sites for hydroxylation is 1. The maximum atomic E-state index is 11.5. The standard InChI is InChI=1S/C23H30O2S/c1-8-25-21(24)13-16(2)9-12-26-20-15-19-18(14-17(20)3)22(4,5)10-11-23(19,6)7/h13-15H,8,10-11H2,1-7H3/b16-13+. The number of hydrogen-bond acceptors (Lipinski definition) is 3. The number of esters is 1. The van der Waals surface area contributed by atoms with Gasteiger partial charge in [-0.1, -0.05) is 39.7 Å². The summed E-state index contributed by atoms with van der Waals surface area (Å²) in [4.78, 5) is 12.7. The predicted molar refractivity (Wildman–Crippen MR) is 110 cm³/mol. The summed E-state index contributed by atoms with van der Waals surface area (Å²) >= 11 is 1.54. The van der Waals surface area contributed by atoms with E-state index in [0.29, 0.717) is 12.2 Å². The minimum Gasteiger partial charge on any atom is -0.463 e. The Morgan fingerprint density at radius 2 is 1.77 bits per heavy atom. The molecular weight excluding hydrogens is 340 g/mol. The van der Waals surface area contributed by atoms with E-state index in [0.717, 1.165) is 0 Å². The lowest BCUT2D eigenvalue weighted by atomic mass is 9.63. The van der Waals surface area contributed by atoms with Crippen LogP contribution in [-0.2, 0) is 20.4 Å². The van der Waals surface area contributed by atoms with E-state index < -0.39 is 0 Å². The second-order valence-electron chi connectivity index (χ2n) is 8.34. The second kappa shape index (κ2) is 7.92. The van der Waals surface area contributed by atoms with Crippen molar-refractivity contribution >= 4 is 17.7 Å². The molecule has 0 radical (unpaired) electrons. The summed E-state index contributed by atoms with van der Waals surface area (Å²) in [6.45, 7) is 15.5. The SMILES string of the molecule is CCOC(=O)/C=C(\C)C#CSc1cc2c(cc1C)C(C)(C)CCC2(C)C. The van der Waals surface area contributed by atoms with Crippen LogP contribution in [0.4, 0.5) is 0 Å². The summed E-state index contributed by atoms with van der Waals surface area (Å²) in [5.41, 5.74) is 5.32. The van der Waals surface area contributed by atoms with E-state index in [9.17, 15) is 4.79 Å². The van der Waals surface area contributed by atoms with Gasteiger partial charge >= 0.3 is 5.97 Å². The lowest BCUT2D eigenvalue weighted by Gasteiger charge is -2.42. The first-order valence-electron chi connectivity index (χ1n) is 9.25. The quantitative estimate of drug-likeness (QED) is 0.286. The van der Waals surface area contributed by atoms with E-state index in [-0.39, 0.29) is 16.8 Å². The molecule has 1 aromatic rings. The Bertz CT molecular complexity index is 788. The van der Waals surface area contributed by atoms with Gasteiger partial charge in [-0.25, -0.2) is 4.79 Å². The zero-order valence-corrected chi connectivity index (χ0v) is 17.9. The molecule has 1 aliphatic carbocycles. The summed E-state index contributed by atoms with van der Waals surface area (Å²) in [7, 11) is 0.